The topological polar surface area (TPSA) is 38.8 Å². The highest BCUT2D eigenvalue weighted by Crippen LogP contribution is 2.21. The number of nitrogens with zero attached hydrogens (tertiary/aromatic N) is 1. The van der Waals surface area contributed by atoms with Gasteiger partial charge in [-0.25, -0.2) is 0 Å². The molecule has 4 heteroatoms. The van der Waals surface area contributed by atoms with Crippen molar-refractivity contribution in [3.05, 3.63) is 71.8 Å². The lowest BCUT2D eigenvalue weighted by molar-refractivity contribution is -0.158. The van der Waals surface area contributed by atoms with Gasteiger partial charge in [0.05, 0.1) is 12.5 Å². The molecule has 28 heavy (non-hydrogen) atoms. The van der Waals surface area contributed by atoms with E-state index in [2.05, 4.69) is 29.2 Å². The van der Waals surface area contributed by atoms with E-state index in [0.717, 1.165) is 13.1 Å². The molecule has 0 aliphatic rings. The summed E-state index contributed by atoms with van der Waals surface area (Å²) in [7, 11) is 1.69. The summed E-state index contributed by atoms with van der Waals surface area (Å²) in [6.45, 7) is 9.16. The smallest absolute Gasteiger partial charge is 0.307 e. The average molecular weight is 384 g/mol. The number of methoxy groups -OCH3 is 1. The molecule has 2 aromatic carbocycles. The van der Waals surface area contributed by atoms with Gasteiger partial charge in [-0.15, -0.1) is 0 Å². The number of carbonyl (C=O) groups excluding carboxylic acids is 1. The molecule has 0 saturated carbocycles. The van der Waals surface area contributed by atoms with Crippen LogP contribution in [0.25, 0.3) is 0 Å². The molecule has 4 nitrogen and oxygen atoms in total. The van der Waals surface area contributed by atoms with Crippen molar-refractivity contribution < 1.29 is 14.3 Å². The fourth-order valence-corrected chi connectivity index (χ4v) is 3.23. The number of benzene rings is 2. The van der Waals surface area contributed by atoms with Gasteiger partial charge in [-0.05, 0) is 38.8 Å². The summed E-state index contributed by atoms with van der Waals surface area (Å²) in [5.74, 6) is -0.201. The van der Waals surface area contributed by atoms with Crippen LogP contribution in [0.5, 0.6) is 0 Å². The molecule has 0 aliphatic carbocycles. The first-order valence-corrected chi connectivity index (χ1v) is 9.85. The molecule has 0 aliphatic heterocycles. The van der Waals surface area contributed by atoms with Crippen molar-refractivity contribution in [1.29, 1.82) is 0 Å². The first kappa shape index (κ1) is 22.1. The Labute approximate surface area is 169 Å². The number of hydrogen-bond acceptors (Lipinski definition) is 4. The van der Waals surface area contributed by atoms with Gasteiger partial charge in [0.15, 0.2) is 0 Å². The van der Waals surface area contributed by atoms with Gasteiger partial charge in [0.25, 0.3) is 0 Å². The Morgan fingerprint density at radius 2 is 1.39 bits per heavy atom. The van der Waals surface area contributed by atoms with Crippen LogP contribution in [0, 0.1) is 0 Å². The van der Waals surface area contributed by atoms with Crippen molar-refractivity contribution in [2.75, 3.05) is 7.11 Å². The molecule has 0 N–H and O–H groups in total. The Bertz CT molecular complexity index is 668. The lowest BCUT2D eigenvalue weighted by Gasteiger charge is -2.35. The van der Waals surface area contributed by atoms with E-state index in [1.807, 2.05) is 64.1 Å². The van der Waals surface area contributed by atoms with Gasteiger partial charge in [0.2, 0.25) is 0 Å². The van der Waals surface area contributed by atoms with E-state index in [-0.39, 0.29) is 24.5 Å². The zero-order valence-corrected chi connectivity index (χ0v) is 17.7. The van der Waals surface area contributed by atoms with E-state index < -0.39 is 5.60 Å². The molecule has 0 fully saturated rings. The maximum absolute atomic E-state index is 12.6. The molecular weight excluding hydrogens is 350 g/mol. The predicted octanol–water partition coefficient (Wildman–Crippen LogP) is 4.82. The van der Waals surface area contributed by atoms with Crippen LogP contribution in [0.1, 0.15) is 45.2 Å². The highest BCUT2D eigenvalue weighted by Gasteiger charge is 2.29. The number of carbonyl (C=O) groups is 1. The molecule has 0 radical (unpaired) electrons. The van der Waals surface area contributed by atoms with Crippen LogP contribution < -0.4 is 0 Å². The fourth-order valence-electron chi connectivity index (χ4n) is 3.23. The van der Waals surface area contributed by atoms with Gasteiger partial charge < -0.3 is 9.47 Å². The largest absolute Gasteiger partial charge is 0.460 e. The molecule has 0 saturated heterocycles. The fraction of sp³-hybridized carbons (Fsp3) is 0.458. The molecule has 0 aromatic heterocycles. The molecule has 2 rings (SSSR count). The number of rotatable bonds is 9. The van der Waals surface area contributed by atoms with E-state index in [1.54, 1.807) is 7.11 Å². The monoisotopic (exact) mass is 383 g/mol. The van der Waals surface area contributed by atoms with E-state index in [0.29, 0.717) is 0 Å². The summed E-state index contributed by atoms with van der Waals surface area (Å²) in [5.41, 5.74) is 1.91. The van der Waals surface area contributed by atoms with Crippen molar-refractivity contribution in [2.24, 2.45) is 0 Å². The average Bonchev–Trinajstić information content (AvgIpc) is 2.65. The molecule has 2 aromatic rings. The second-order valence-electron chi connectivity index (χ2n) is 8.17. The van der Waals surface area contributed by atoms with Gasteiger partial charge in [0.1, 0.15) is 5.60 Å². The van der Waals surface area contributed by atoms with Gasteiger partial charge in [-0.2, -0.15) is 0 Å². The van der Waals surface area contributed by atoms with Gasteiger partial charge >= 0.3 is 5.97 Å². The Morgan fingerprint density at radius 1 is 0.929 bits per heavy atom. The molecule has 0 spiro atoms. The minimum atomic E-state index is -0.498. The standard InChI is InChI=1S/C24H33NO3/c1-19(27-5)22(16-23(26)28-24(2,3)4)25(17-20-12-8-6-9-13-20)18-21-14-10-7-11-15-21/h6-15,19,22H,16-18H2,1-5H3/t19-,22+/m0/s1. The summed E-state index contributed by atoms with van der Waals surface area (Å²) in [6.07, 6.45) is 0.173. The Morgan fingerprint density at radius 3 is 1.79 bits per heavy atom. The third-order valence-corrected chi connectivity index (χ3v) is 4.64. The number of hydrogen-bond donors (Lipinski definition) is 0. The van der Waals surface area contributed by atoms with Crippen LogP contribution in [-0.4, -0.2) is 35.7 Å². The quantitative estimate of drug-likeness (QED) is 0.582. The summed E-state index contributed by atoms with van der Waals surface area (Å²) < 4.78 is 11.2. The summed E-state index contributed by atoms with van der Waals surface area (Å²) in [4.78, 5) is 14.9. The van der Waals surface area contributed by atoms with E-state index in [4.69, 9.17) is 9.47 Å². The molecule has 0 bridgehead atoms. The molecule has 0 amide bonds. The van der Waals surface area contributed by atoms with Crippen LogP contribution >= 0.6 is 0 Å². The predicted molar refractivity (Wildman–Crippen MR) is 113 cm³/mol. The second kappa shape index (κ2) is 10.4. The normalized spacial score (nSPS) is 13.9. The van der Waals surface area contributed by atoms with Crippen LogP contribution in [-0.2, 0) is 27.4 Å². The molecule has 0 heterocycles. The number of ether oxygens (including phenoxy) is 2. The van der Waals surface area contributed by atoms with E-state index in [9.17, 15) is 4.79 Å². The SMILES string of the molecule is CO[C@@H](C)[C@@H](CC(=O)OC(C)(C)C)N(Cc1ccccc1)Cc1ccccc1. The molecule has 2 atom stereocenters. The molecular formula is C24H33NO3. The van der Waals surface area contributed by atoms with Crippen molar-refractivity contribution in [2.45, 2.75) is 65.0 Å². The van der Waals surface area contributed by atoms with Crippen LogP contribution in [0.2, 0.25) is 0 Å². The highest BCUT2D eigenvalue weighted by atomic mass is 16.6. The Balaban J connectivity index is 2.26. The van der Waals surface area contributed by atoms with Gasteiger partial charge in [-0.3, -0.25) is 9.69 Å². The summed E-state index contributed by atoms with van der Waals surface area (Å²) >= 11 is 0. The van der Waals surface area contributed by atoms with Gasteiger partial charge in [-0.1, -0.05) is 60.7 Å². The first-order chi connectivity index (χ1) is 13.3. The zero-order chi connectivity index (χ0) is 20.6. The lowest BCUT2D eigenvalue weighted by atomic mass is 10.0. The van der Waals surface area contributed by atoms with E-state index >= 15 is 0 Å². The van der Waals surface area contributed by atoms with E-state index in [1.165, 1.54) is 11.1 Å². The minimum absolute atomic E-state index is 0.0970. The molecule has 152 valence electrons. The van der Waals surface area contributed by atoms with Crippen LogP contribution in [0.4, 0.5) is 0 Å². The summed E-state index contributed by atoms with van der Waals surface area (Å²) in [6, 6.07) is 20.5. The lowest BCUT2D eigenvalue weighted by Crippen LogP contribution is -2.44. The minimum Gasteiger partial charge on any atom is -0.460 e. The van der Waals surface area contributed by atoms with Gasteiger partial charge in [0, 0.05) is 26.2 Å². The van der Waals surface area contributed by atoms with Crippen molar-refractivity contribution in [3.8, 4) is 0 Å². The third kappa shape index (κ3) is 7.45. The summed E-state index contributed by atoms with van der Waals surface area (Å²) in [5, 5.41) is 0. The Hall–Kier alpha value is -2.17. The van der Waals surface area contributed by atoms with Crippen LogP contribution in [0.3, 0.4) is 0 Å². The van der Waals surface area contributed by atoms with Crippen LogP contribution in [0.15, 0.2) is 60.7 Å². The third-order valence-electron chi connectivity index (χ3n) is 4.64. The zero-order valence-electron chi connectivity index (χ0n) is 17.7. The maximum atomic E-state index is 12.6. The van der Waals surface area contributed by atoms with Crippen molar-refractivity contribution in [1.82, 2.24) is 4.90 Å². The maximum Gasteiger partial charge on any atom is 0.307 e. The number of esters is 1. The first-order valence-electron chi connectivity index (χ1n) is 9.85. The van der Waals surface area contributed by atoms with Crippen molar-refractivity contribution >= 4 is 5.97 Å². The van der Waals surface area contributed by atoms with Crippen molar-refractivity contribution in [3.63, 3.8) is 0 Å². The highest BCUT2D eigenvalue weighted by molar-refractivity contribution is 5.70. The molecule has 0 unspecified atom stereocenters. The second-order valence-corrected chi connectivity index (χ2v) is 8.17. The Kier molecular flexibility index (Phi) is 8.21.